The van der Waals surface area contributed by atoms with Crippen LogP contribution in [0.5, 0.6) is 0 Å². The third kappa shape index (κ3) is 5.08. The van der Waals surface area contributed by atoms with E-state index in [2.05, 4.69) is 29.8 Å². The Hall–Kier alpha value is -2.13. The summed E-state index contributed by atoms with van der Waals surface area (Å²) in [6.45, 7) is 5.95. The van der Waals surface area contributed by atoms with E-state index in [1.807, 2.05) is 12.2 Å². The van der Waals surface area contributed by atoms with Gasteiger partial charge in [0.1, 0.15) is 11.6 Å². The maximum atomic E-state index is 14.0. The lowest BCUT2D eigenvalue weighted by molar-refractivity contribution is -0.141. The zero-order chi connectivity index (χ0) is 27.0. The van der Waals surface area contributed by atoms with E-state index in [0.29, 0.717) is 34.7 Å². The quantitative estimate of drug-likeness (QED) is 0.314. The fourth-order valence-electron chi connectivity index (χ4n) is 6.42. The van der Waals surface area contributed by atoms with E-state index in [1.54, 1.807) is 23.1 Å². The van der Waals surface area contributed by atoms with Crippen molar-refractivity contribution in [2.24, 2.45) is 17.8 Å². The fourth-order valence-corrected chi connectivity index (χ4v) is 6.72. The van der Waals surface area contributed by atoms with Gasteiger partial charge in [0, 0.05) is 24.8 Å². The van der Waals surface area contributed by atoms with Crippen LogP contribution in [0.4, 0.5) is 5.69 Å². The van der Waals surface area contributed by atoms with E-state index in [1.165, 1.54) is 6.42 Å². The lowest BCUT2D eigenvalue weighted by Crippen LogP contribution is -2.57. The molecule has 0 radical (unpaired) electrons. The average Bonchev–Trinajstić information content (AvgIpc) is 3.52. The highest BCUT2D eigenvalue weighted by atomic mass is 35.5. The van der Waals surface area contributed by atoms with E-state index in [4.69, 9.17) is 27.9 Å². The molecule has 1 aliphatic carbocycles. The van der Waals surface area contributed by atoms with Crippen LogP contribution in [-0.4, -0.2) is 66.0 Å². The Kier molecular flexibility index (Phi) is 8.06. The molecular formula is C28H36Cl2N4O4. The topological polar surface area (TPSA) is 99.8 Å². The fraction of sp³-hybridized carbons (Fsp3) is 0.607. The van der Waals surface area contributed by atoms with Gasteiger partial charge in [0.2, 0.25) is 17.7 Å². The molecule has 5 atom stereocenters. The second-order valence-corrected chi connectivity index (χ2v) is 12.1. The zero-order valence-corrected chi connectivity index (χ0v) is 23.4. The number of likely N-dealkylation sites (tertiary alicyclic amines) is 1. The summed E-state index contributed by atoms with van der Waals surface area (Å²) in [6, 6.07) is 4.11. The summed E-state index contributed by atoms with van der Waals surface area (Å²) in [6.07, 6.45) is 8.30. The maximum absolute atomic E-state index is 14.0. The van der Waals surface area contributed by atoms with Crippen molar-refractivity contribution >= 4 is 46.6 Å². The number of amides is 3. The number of halogens is 2. The predicted octanol–water partition coefficient (Wildman–Crippen LogP) is 3.78. The van der Waals surface area contributed by atoms with Crippen molar-refractivity contribution in [3.63, 3.8) is 0 Å². The standard InChI is InChI=1S/C28H36Cl2N4O4/c1-16(2)15-31-12-13-34-24(26(36)32-17-6-4-3-5-7-17)28-11-10-21(38-28)22(23(28)27(34)37)25(35)33-18-8-9-19(29)20(30)14-18/h8-11,14,16-17,21-24,31H,3-7,12-13,15H2,1-2H3,(H,32,36)(H,33,35). The number of anilines is 1. The SMILES string of the molecule is CC(C)CNCCN1C(=O)C2C(C(=O)Nc3ccc(Cl)c(Cl)c3)C3C=CC2(O3)C1C(=O)NC1CCCCC1. The number of hydrogen-bond donors (Lipinski definition) is 3. The van der Waals surface area contributed by atoms with E-state index in [-0.39, 0.29) is 23.8 Å². The number of benzene rings is 1. The van der Waals surface area contributed by atoms with Crippen LogP contribution in [0.25, 0.3) is 0 Å². The summed E-state index contributed by atoms with van der Waals surface area (Å²) in [4.78, 5) is 42.9. The van der Waals surface area contributed by atoms with Crippen molar-refractivity contribution in [2.75, 3.05) is 25.0 Å². The van der Waals surface area contributed by atoms with E-state index in [0.717, 1.165) is 32.2 Å². The Labute approximate surface area is 233 Å². The predicted molar refractivity (Wildman–Crippen MR) is 147 cm³/mol. The van der Waals surface area contributed by atoms with Crippen molar-refractivity contribution in [2.45, 2.75) is 69.7 Å². The molecule has 1 saturated carbocycles. The molecule has 38 heavy (non-hydrogen) atoms. The molecule has 0 aromatic heterocycles. The van der Waals surface area contributed by atoms with Crippen LogP contribution in [0.2, 0.25) is 10.0 Å². The van der Waals surface area contributed by atoms with Crippen molar-refractivity contribution in [3.05, 3.63) is 40.4 Å². The Bertz CT molecular complexity index is 1120. The second kappa shape index (κ2) is 11.2. The summed E-state index contributed by atoms with van der Waals surface area (Å²) in [5.74, 6) is -1.85. The Balaban J connectivity index is 1.39. The molecule has 3 fully saturated rings. The van der Waals surface area contributed by atoms with Crippen LogP contribution in [0.3, 0.4) is 0 Å². The smallest absolute Gasteiger partial charge is 0.246 e. The molecule has 206 valence electrons. The van der Waals surface area contributed by atoms with Gasteiger partial charge in [-0.3, -0.25) is 14.4 Å². The highest BCUT2D eigenvalue weighted by Crippen LogP contribution is 2.55. The Morgan fingerprint density at radius 3 is 2.61 bits per heavy atom. The summed E-state index contributed by atoms with van der Waals surface area (Å²) in [5, 5.41) is 10.2. The second-order valence-electron chi connectivity index (χ2n) is 11.3. The molecule has 2 saturated heterocycles. The Morgan fingerprint density at radius 1 is 1.13 bits per heavy atom. The largest absolute Gasteiger partial charge is 0.359 e. The lowest BCUT2D eigenvalue weighted by atomic mass is 9.74. The zero-order valence-electron chi connectivity index (χ0n) is 21.8. The number of fused-ring (bicyclic) bond motifs is 1. The number of nitrogens with one attached hydrogen (secondary N) is 3. The number of nitrogens with zero attached hydrogens (tertiary/aromatic N) is 1. The molecule has 3 amide bonds. The van der Waals surface area contributed by atoms with Gasteiger partial charge in [0.15, 0.2) is 0 Å². The van der Waals surface area contributed by atoms with E-state index >= 15 is 0 Å². The molecule has 3 N–H and O–H groups in total. The molecular weight excluding hydrogens is 527 g/mol. The van der Waals surface area contributed by atoms with E-state index in [9.17, 15) is 14.4 Å². The molecule has 4 aliphatic rings. The normalized spacial score (nSPS) is 30.2. The summed E-state index contributed by atoms with van der Waals surface area (Å²) < 4.78 is 6.40. The summed E-state index contributed by atoms with van der Waals surface area (Å²) in [5.41, 5.74) is -0.685. The number of ether oxygens (including phenoxy) is 1. The first-order valence-corrected chi connectivity index (χ1v) is 14.4. The van der Waals surface area contributed by atoms with Crippen molar-refractivity contribution in [1.29, 1.82) is 0 Å². The van der Waals surface area contributed by atoms with Crippen LogP contribution in [0, 0.1) is 17.8 Å². The first kappa shape index (κ1) is 27.4. The molecule has 2 bridgehead atoms. The molecule has 1 aromatic rings. The third-order valence-corrected chi connectivity index (χ3v) is 8.88. The number of carbonyl (C=O) groups is 3. The molecule has 3 heterocycles. The van der Waals surface area contributed by atoms with Gasteiger partial charge in [-0.15, -0.1) is 0 Å². The van der Waals surface area contributed by atoms with Gasteiger partial charge < -0.3 is 25.6 Å². The van der Waals surface area contributed by atoms with Gasteiger partial charge in [-0.1, -0.05) is 68.5 Å². The third-order valence-electron chi connectivity index (χ3n) is 8.15. The van der Waals surface area contributed by atoms with Gasteiger partial charge >= 0.3 is 0 Å². The molecule has 1 aromatic carbocycles. The van der Waals surface area contributed by atoms with Gasteiger partial charge in [-0.05, 0) is 43.5 Å². The van der Waals surface area contributed by atoms with E-state index < -0.39 is 29.6 Å². The highest BCUT2D eigenvalue weighted by Gasteiger charge is 2.72. The number of carbonyl (C=O) groups excluding carboxylic acids is 3. The minimum absolute atomic E-state index is 0.0963. The van der Waals surface area contributed by atoms with Gasteiger partial charge in [-0.25, -0.2) is 0 Å². The average molecular weight is 564 g/mol. The van der Waals surface area contributed by atoms with Crippen LogP contribution in [0.1, 0.15) is 46.0 Å². The first-order valence-electron chi connectivity index (χ1n) is 13.7. The van der Waals surface area contributed by atoms with Crippen LogP contribution >= 0.6 is 23.2 Å². The van der Waals surface area contributed by atoms with Crippen LogP contribution in [-0.2, 0) is 19.1 Å². The Morgan fingerprint density at radius 2 is 1.89 bits per heavy atom. The molecule has 8 nitrogen and oxygen atoms in total. The number of hydrogen-bond acceptors (Lipinski definition) is 5. The van der Waals surface area contributed by atoms with Gasteiger partial charge in [-0.2, -0.15) is 0 Å². The maximum Gasteiger partial charge on any atom is 0.246 e. The molecule has 5 rings (SSSR count). The molecule has 1 spiro atoms. The first-order chi connectivity index (χ1) is 18.2. The summed E-state index contributed by atoms with van der Waals surface area (Å²) in [7, 11) is 0. The van der Waals surface area contributed by atoms with Gasteiger partial charge in [0.05, 0.1) is 28.0 Å². The lowest BCUT2D eigenvalue weighted by Gasteiger charge is -2.34. The molecule has 10 heteroatoms. The van der Waals surface area contributed by atoms with Gasteiger partial charge in [0.25, 0.3) is 0 Å². The van der Waals surface area contributed by atoms with Crippen molar-refractivity contribution in [3.8, 4) is 0 Å². The monoisotopic (exact) mass is 562 g/mol. The van der Waals surface area contributed by atoms with Crippen molar-refractivity contribution in [1.82, 2.24) is 15.5 Å². The van der Waals surface area contributed by atoms with Crippen molar-refractivity contribution < 1.29 is 19.1 Å². The molecule has 5 unspecified atom stereocenters. The van der Waals surface area contributed by atoms with Crippen LogP contribution in [0.15, 0.2) is 30.4 Å². The molecule has 3 aliphatic heterocycles. The minimum Gasteiger partial charge on any atom is -0.359 e. The minimum atomic E-state index is -1.17. The van der Waals surface area contributed by atoms with Crippen LogP contribution < -0.4 is 16.0 Å². The number of rotatable bonds is 9. The summed E-state index contributed by atoms with van der Waals surface area (Å²) >= 11 is 12.2. The highest BCUT2D eigenvalue weighted by molar-refractivity contribution is 6.42.